The minimum Gasteiger partial charge on any atom is -0.506 e. The van der Waals surface area contributed by atoms with Crippen molar-refractivity contribution in [3.8, 4) is 16.9 Å². The number of amides is 1. The van der Waals surface area contributed by atoms with Gasteiger partial charge in [0.1, 0.15) is 12.3 Å². The molecule has 0 unspecified atom stereocenters. The number of anilines is 2. The number of nitrogens with zero attached hydrogens (tertiary/aromatic N) is 1. The molecule has 0 spiro atoms. The summed E-state index contributed by atoms with van der Waals surface area (Å²) in [4.78, 5) is 11.5. The number of fused-ring (bicyclic) bond motifs is 1. The van der Waals surface area contributed by atoms with Gasteiger partial charge in [-0.2, -0.15) is 8.42 Å². The van der Waals surface area contributed by atoms with Crippen LogP contribution in [0.5, 0.6) is 5.75 Å². The molecule has 4 rings (SSSR count). The first-order chi connectivity index (χ1) is 14.0. The third-order valence-electron chi connectivity index (χ3n) is 4.52. The van der Waals surface area contributed by atoms with Crippen molar-refractivity contribution in [2.24, 2.45) is 0 Å². The Morgan fingerprint density at radius 2 is 1.77 bits per heavy atom. The lowest BCUT2D eigenvalue weighted by atomic mass is 10.0. The van der Waals surface area contributed by atoms with E-state index >= 15 is 0 Å². The Balaban J connectivity index is 1.79. The van der Waals surface area contributed by atoms with Crippen molar-refractivity contribution in [1.82, 2.24) is 4.72 Å². The monoisotopic (exact) mass is 447 g/mol. The number of benzene rings is 3. The fourth-order valence-corrected chi connectivity index (χ4v) is 5.00. The number of phenols is 1. The molecule has 156 valence electrons. The van der Waals surface area contributed by atoms with Gasteiger partial charge in [-0.15, -0.1) is 0 Å². The van der Waals surface area contributed by atoms with Crippen LogP contribution in [0.1, 0.15) is 0 Å². The highest BCUT2D eigenvalue weighted by Crippen LogP contribution is 2.36. The minimum absolute atomic E-state index is 0.00880. The third-order valence-corrected chi connectivity index (χ3v) is 6.52. The molecule has 1 amide bonds. The molecule has 0 atom stereocenters. The number of nitrogens with one attached hydrogen (secondary N) is 2. The molecule has 1 saturated heterocycles. The van der Waals surface area contributed by atoms with Crippen LogP contribution in [0.3, 0.4) is 0 Å². The smallest absolute Gasteiger partial charge is 0.326 e. The number of carbonyl (C=O) groups excluding carboxylic acids is 1. The summed E-state index contributed by atoms with van der Waals surface area (Å²) in [6.45, 7) is -0.416. The molecule has 0 radical (unpaired) electrons. The summed E-state index contributed by atoms with van der Waals surface area (Å²) in [6.07, 6.45) is 1.07. The maximum Gasteiger partial charge on any atom is 0.326 e. The average molecular weight is 447 g/mol. The van der Waals surface area contributed by atoms with E-state index in [2.05, 4.69) is 4.72 Å². The molecule has 1 heterocycles. The SMILES string of the molecule is CS(=O)(=O)Nc1cccc(-c2ccc3cc(O)c(N4CC(=O)NS4(=O)=O)cc3c2)c1. The summed E-state index contributed by atoms with van der Waals surface area (Å²) >= 11 is 0. The molecule has 1 aliphatic rings. The molecule has 1 aliphatic heterocycles. The van der Waals surface area contributed by atoms with E-state index in [1.54, 1.807) is 36.4 Å². The topological polar surface area (TPSA) is 133 Å². The number of rotatable bonds is 4. The summed E-state index contributed by atoms with van der Waals surface area (Å²) < 4.78 is 52.3. The van der Waals surface area contributed by atoms with Crippen LogP contribution in [0.2, 0.25) is 0 Å². The van der Waals surface area contributed by atoms with E-state index in [0.29, 0.717) is 16.5 Å². The zero-order valence-corrected chi connectivity index (χ0v) is 17.3. The molecular weight excluding hydrogens is 430 g/mol. The molecule has 30 heavy (non-hydrogen) atoms. The van der Waals surface area contributed by atoms with E-state index < -0.39 is 32.7 Å². The Labute approximate surface area is 173 Å². The lowest BCUT2D eigenvalue weighted by Crippen LogP contribution is -2.29. The first kappa shape index (κ1) is 20.0. The van der Waals surface area contributed by atoms with Crippen LogP contribution in [0.15, 0.2) is 54.6 Å². The fourth-order valence-electron chi connectivity index (χ4n) is 3.29. The van der Waals surface area contributed by atoms with Crippen LogP contribution in [-0.2, 0) is 25.0 Å². The highest BCUT2D eigenvalue weighted by Gasteiger charge is 2.35. The molecular formula is C19H17N3O6S2. The molecule has 3 N–H and O–H groups in total. The molecule has 11 heteroatoms. The summed E-state index contributed by atoms with van der Waals surface area (Å²) in [5.74, 6) is -0.951. The maximum absolute atomic E-state index is 12.1. The number of hydrogen-bond acceptors (Lipinski definition) is 6. The van der Waals surface area contributed by atoms with Crippen molar-refractivity contribution in [1.29, 1.82) is 0 Å². The second-order valence-corrected chi connectivity index (χ2v) is 10.2. The van der Waals surface area contributed by atoms with Crippen LogP contribution in [0.4, 0.5) is 11.4 Å². The zero-order chi connectivity index (χ0) is 21.7. The van der Waals surface area contributed by atoms with Gasteiger partial charge in [-0.05, 0) is 52.2 Å². The van der Waals surface area contributed by atoms with Crippen LogP contribution in [0, 0.1) is 0 Å². The highest BCUT2D eigenvalue weighted by atomic mass is 32.2. The number of carbonyl (C=O) groups is 1. The standard InChI is InChI=1S/C19H17N3O6S2/c1-29(25,26)20-16-4-2-3-12(8-16)13-5-6-14-10-18(23)17(9-15(14)7-13)22-11-19(24)21-30(22,27)28/h2-10,20,23H,11H2,1H3,(H,21,24). The maximum atomic E-state index is 12.1. The van der Waals surface area contributed by atoms with Crippen LogP contribution < -0.4 is 13.7 Å². The molecule has 1 fully saturated rings. The van der Waals surface area contributed by atoms with Crippen molar-refractivity contribution in [3.63, 3.8) is 0 Å². The number of sulfonamides is 1. The van der Waals surface area contributed by atoms with E-state index in [9.17, 15) is 26.7 Å². The Bertz CT molecular complexity index is 1400. The quantitative estimate of drug-likeness (QED) is 0.558. The van der Waals surface area contributed by atoms with Crippen LogP contribution in [0.25, 0.3) is 21.9 Å². The Morgan fingerprint density at radius 1 is 1.03 bits per heavy atom. The van der Waals surface area contributed by atoms with Gasteiger partial charge in [-0.25, -0.2) is 17.4 Å². The van der Waals surface area contributed by atoms with E-state index in [-0.39, 0.29) is 11.4 Å². The van der Waals surface area contributed by atoms with Crippen molar-refractivity contribution in [2.75, 3.05) is 21.8 Å². The largest absolute Gasteiger partial charge is 0.506 e. The van der Waals surface area contributed by atoms with Gasteiger partial charge >= 0.3 is 10.2 Å². The minimum atomic E-state index is -4.06. The van der Waals surface area contributed by atoms with Gasteiger partial charge in [0.05, 0.1) is 11.9 Å². The van der Waals surface area contributed by atoms with E-state index in [1.165, 1.54) is 12.1 Å². The lowest BCUT2D eigenvalue weighted by Gasteiger charge is -2.17. The summed E-state index contributed by atoms with van der Waals surface area (Å²) in [5, 5.41) is 11.6. The van der Waals surface area contributed by atoms with Gasteiger partial charge in [-0.1, -0.05) is 24.3 Å². The third kappa shape index (κ3) is 3.89. The Hall–Kier alpha value is -3.31. The number of phenolic OH excluding ortho intramolecular Hbond substituents is 1. The summed E-state index contributed by atoms with van der Waals surface area (Å²) in [6, 6.07) is 15.1. The normalized spacial score (nSPS) is 15.9. The Morgan fingerprint density at radius 3 is 2.43 bits per heavy atom. The second kappa shape index (κ2) is 6.89. The molecule has 0 aromatic heterocycles. The highest BCUT2D eigenvalue weighted by molar-refractivity contribution is 7.92. The molecule has 3 aromatic carbocycles. The van der Waals surface area contributed by atoms with Crippen molar-refractivity contribution < 1.29 is 26.7 Å². The lowest BCUT2D eigenvalue weighted by molar-refractivity contribution is -0.117. The van der Waals surface area contributed by atoms with Crippen LogP contribution >= 0.6 is 0 Å². The van der Waals surface area contributed by atoms with Gasteiger partial charge in [0.25, 0.3) is 5.91 Å². The van der Waals surface area contributed by atoms with E-state index in [4.69, 9.17) is 0 Å². The van der Waals surface area contributed by atoms with Crippen molar-refractivity contribution in [3.05, 3.63) is 54.6 Å². The first-order valence-corrected chi connectivity index (χ1v) is 12.0. The molecule has 0 saturated carbocycles. The zero-order valence-electron chi connectivity index (χ0n) is 15.7. The van der Waals surface area contributed by atoms with E-state index in [1.807, 2.05) is 10.8 Å². The second-order valence-electron chi connectivity index (χ2n) is 6.89. The fraction of sp³-hybridized carbons (Fsp3) is 0.105. The molecule has 0 aliphatic carbocycles. The molecule has 3 aromatic rings. The van der Waals surface area contributed by atoms with Gasteiger partial charge in [0, 0.05) is 5.69 Å². The first-order valence-electron chi connectivity index (χ1n) is 8.70. The van der Waals surface area contributed by atoms with Gasteiger partial charge in [-0.3, -0.25) is 9.52 Å². The van der Waals surface area contributed by atoms with Gasteiger partial charge in [0.2, 0.25) is 10.0 Å². The predicted molar refractivity (Wildman–Crippen MR) is 114 cm³/mol. The Kier molecular flexibility index (Phi) is 4.59. The summed E-state index contributed by atoms with van der Waals surface area (Å²) in [5.41, 5.74) is 1.90. The van der Waals surface area contributed by atoms with E-state index in [0.717, 1.165) is 21.7 Å². The summed E-state index contributed by atoms with van der Waals surface area (Å²) in [7, 11) is -7.48. The van der Waals surface area contributed by atoms with Crippen LogP contribution in [-0.4, -0.2) is 40.6 Å². The number of hydrogen-bond donors (Lipinski definition) is 3. The molecule has 9 nitrogen and oxygen atoms in total. The predicted octanol–water partition coefficient (Wildman–Crippen LogP) is 1.76. The van der Waals surface area contributed by atoms with Gasteiger partial charge in [0.15, 0.2) is 0 Å². The average Bonchev–Trinajstić information content (AvgIpc) is 2.91. The van der Waals surface area contributed by atoms with Crippen molar-refractivity contribution >= 4 is 48.3 Å². The number of aromatic hydroxyl groups is 1. The van der Waals surface area contributed by atoms with Crippen molar-refractivity contribution in [2.45, 2.75) is 0 Å². The van der Waals surface area contributed by atoms with Gasteiger partial charge < -0.3 is 5.11 Å². The molecule has 0 bridgehead atoms.